The molecule has 0 radical (unpaired) electrons. The maximum atomic E-state index is 12.1. The second-order valence-corrected chi connectivity index (χ2v) is 4.54. The molecular weight excluding hydrogens is 280 g/mol. The summed E-state index contributed by atoms with van der Waals surface area (Å²) in [7, 11) is 1.37. The number of amides is 1. The van der Waals surface area contributed by atoms with Gasteiger partial charge in [0.05, 0.1) is 10.5 Å². The van der Waals surface area contributed by atoms with Crippen LogP contribution in [0, 0.1) is 10.1 Å². The number of methoxy groups -OCH3 is 1. The number of ether oxygens (including phenoxy) is 1. The lowest BCUT2D eigenvalue weighted by Gasteiger charge is -2.25. The van der Waals surface area contributed by atoms with Gasteiger partial charge in [0.25, 0.3) is 11.6 Å². The summed E-state index contributed by atoms with van der Waals surface area (Å²) in [5.41, 5.74) is -1.92. The van der Waals surface area contributed by atoms with Crippen LogP contribution in [0.4, 0.5) is 11.4 Å². The number of carboxylic acids is 1. The van der Waals surface area contributed by atoms with E-state index in [0.29, 0.717) is 6.42 Å². The first-order valence-electron chi connectivity index (χ1n) is 6.13. The number of nitro groups is 1. The predicted molar refractivity (Wildman–Crippen MR) is 74.4 cm³/mol. The number of carboxylic acid groups (broad SMARTS) is 1. The second-order valence-electron chi connectivity index (χ2n) is 4.54. The van der Waals surface area contributed by atoms with Crippen LogP contribution in [0.2, 0.25) is 0 Å². The van der Waals surface area contributed by atoms with Crippen molar-refractivity contribution in [2.75, 3.05) is 12.4 Å². The number of hydrogen-bond donors (Lipinski definition) is 2. The molecule has 0 spiro atoms. The molecule has 21 heavy (non-hydrogen) atoms. The molecule has 0 saturated heterocycles. The van der Waals surface area contributed by atoms with Gasteiger partial charge in [0.2, 0.25) is 0 Å². The van der Waals surface area contributed by atoms with Gasteiger partial charge < -0.3 is 15.2 Å². The first-order valence-corrected chi connectivity index (χ1v) is 6.13. The largest absolute Gasteiger partial charge is 0.478 e. The number of aromatic carboxylic acids is 1. The van der Waals surface area contributed by atoms with E-state index in [2.05, 4.69) is 5.32 Å². The third-order valence-corrected chi connectivity index (χ3v) is 3.30. The number of nitrogens with one attached hydrogen (secondary N) is 1. The van der Waals surface area contributed by atoms with Gasteiger partial charge in [-0.2, -0.15) is 0 Å². The van der Waals surface area contributed by atoms with Crippen LogP contribution in [-0.4, -0.2) is 34.6 Å². The van der Waals surface area contributed by atoms with Crippen LogP contribution in [0.25, 0.3) is 0 Å². The van der Waals surface area contributed by atoms with E-state index in [1.807, 2.05) is 0 Å². The van der Waals surface area contributed by atoms with Gasteiger partial charge in [0, 0.05) is 13.2 Å². The minimum absolute atomic E-state index is 0.0771. The minimum Gasteiger partial charge on any atom is -0.478 e. The highest BCUT2D eigenvalue weighted by Gasteiger charge is 2.32. The molecule has 1 aromatic rings. The van der Waals surface area contributed by atoms with Crippen molar-refractivity contribution in [1.29, 1.82) is 0 Å². The van der Waals surface area contributed by atoms with Crippen LogP contribution in [0.5, 0.6) is 0 Å². The van der Waals surface area contributed by atoms with Gasteiger partial charge >= 0.3 is 5.97 Å². The summed E-state index contributed by atoms with van der Waals surface area (Å²) in [6.45, 7) is 3.30. The van der Waals surface area contributed by atoms with E-state index in [-0.39, 0.29) is 11.3 Å². The number of nitro benzene ring substituents is 1. The fourth-order valence-electron chi connectivity index (χ4n) is 1.57. The molecule has 114 valence electrons. The molecule has 1 rings (SSSR count). The van der Waals surface area contributed by atoms with Gasteiger partial charge in [0.15, 0.2) is 0 Å². The summed E-state index contributed by atoms with van der Waals surface area (Å²) >= 11 is 0. The quantitative estimate of drug-likeness (QED) is 0.612. The van der Waals surface area contributed by atoms with E-state index in [9.17, 15) is 19.7 Å². The summed E-state index contributed by atoms with van der Waals surface area (Å²) in [5, 5.41) is 22.2. The third-order valence-electron chi connectivity index (χ3n) is 3.30. The van der Waals surface area contributed by atoms with E-state index < -0.39 is 28.1 Å². The van der Waals surface area contributed by atoms with Crippen molar-refractivity contribution in [3.8, 4) is 0 Å². The van der Waals surface area contributed by atoms with Crippen LogP contribution in [-0.2, 0) is 9.53 Å². The number of benzene rings is 1. The molecule has 0 saturated carbocycles. The normalized spacial score (nSPS) is 13.3. The number of rotatable bonds is 6. The molecule has 8 nitrogen and oxygen atoms in total. The summed E-state index contributed by atoms with van der Waals surface area (Å²) in [6, 6.07) is 3.26. The number of carbonyl (C=O) groups is 2. The molecule has 0 aliphatic carbocycles. The van der Waals surface area contributed by atoms with Crippen LogP contribution in [0.15, 0.2) is 18.2 Å². The Labute approximate surface area is 120 Å². The van der Waals surface area contributed by atoms with Crippen LogP contribution in [0.3, 0.4) is 0 Å². The maximum Gasteiger partial charge on any atom is 0.335 e. The Morgan fingerprint density at radius 2 is 2.10 bits per heavy atom. The molecule has 0 aromatic heterocycles. The Hall–Kier alpha value is -2.48. The van der Waals surface area contributed by atoms with Crippen LogP contribution in [0.1, 0.15) is 30.6 Å². The average Bonchev–Trinajstić information content (AvgIpc) is 2.46. The molecule has 8 heteroatoms. The monoisotopic (exact) mass is 296 g/mol. The molecule has 0 aliphatic rings. The first kappa shape index (κ1) is 16.6. The highest BCUT2D eigenvalue weighted by Crippen LogP contribution is 2.27. The molecular formula is C13H16N2O6. The smallest absolute Gasteiger partial charge is 0.335 e. The zero-order chi connectivity index (χ0) is 16.2. The molecule has 1 amide bonds. The Balaban J connectivity index is 3.17. The van der Waals surface area contributed by atoms with Gasteiger partial charge in [-0.25, -0.2) is 4.79 Å². The molecule has 1 aromatic carbocycles. The van der Waals surface area contributed by atoms with Crippen molar-refractivity contribution in [2.45, 2.75) is 25.9 Å². The summed E-state index contributed by atoms with van der Waals surface area (Å²) in [6.07, 6.45) is 0.371. The number of hydrogen-bond acceptors (Lipinski definition) is 5. The van der Waals surface area contributed by atoms with Crippen molar-refractivity contribution in [3.05, 3.63) is 33.9 Å². The molecule has 1 unspecified atom stereocenters. The van der Waals surface area contributed by atoms with Gasteiger partial charge in [-0.05, 0) is 25.5 Å². The Morgan fingerprint density at radius 1 is 1.48 bits per heavy atom. The summed E-state index contributed by atoms with van der Waals surface area (Å²) in [5.74, 6) is -1.83. The van der Waals surface area contributed by atoms with E-state index in [4.69, 9.17) is 9.84 Å². The van der Waals surface area contributed by atoms with E-state index in [0.717, 1.165) is 6.07 Å². The van der Waals surface area contributed by atoms with Gasteiger partial charge in [-0.1, -0.05) is 6.92 Å². The lowest BCUT2D eigenvalue weighted by atomic mass is 10.0. The van der Waals surface area contributed by atoms with Crippen molar-refractivity contribution < 1.29 is 24.4 Å². The number of nitrogens with zero attached hydrogens (tertiary/aromatic N) is 1. The maximum absolute atomic E-state index is 12.1. The van der Waals surface area contributed by atoms with Gasteiger partial charge in [-0.3, -0.25) is 14.9 Å². The Morgan fingerprint density at radius 3 is 2.52 bits per heavy atom. The standard InChI is InChI=1S/C13H16N2O6/c1-4-13(2,21-3)12(18)14-9-6-5-8(11(16)17)7-10(9)15(19)20/h5-7H,4H2,1-3H3,(H,14,18)(H,16,17). The van der Waals surface area contributed by atoms with Gasteiger partial charge in [0.1, 0.15) is 11.3 Å². The fourth-order valence-corrected chi connectivity index (χ4v) is 1.57. The third kappa shape index (κ3) is 3.54. The Kier molecular flexibility index (Phi) is 4.98. The molecule has 2 N–H and O–H groups in total. The molecule has 0 bridgehead atoms. The molecule has 0 aliphatic heterocycles. The molecule has 1 atom stereocenters. The SMILES string of the molecule is CCC(C)(OC)C(=O)Nc1ccc(C(=O)O)cc1[N+](=O)[O-]. The van der Waals surface area contributed by atoms with E-state index in [1.54, 1.807) is 13.8 Å². The summed E-state index contributed by atoms with van der Waals surface area (Å²) < 4.78 is 5.11. The Bertz CT molecular complexity index is 580. The average molecular weight is 296 g/mol. The van der Waals surface area contributed by atoms with Crippen LogP contribution >= 0.6 is 0 Å². The van der Waals surface area contributed by atoms with E-state index >= 15 is 0 Å². The number of anilines is 1. The van der Waals surface area contributed by atoms with Gasteiger partial charge in [-0.15, -0.1) is 0 Å². The van der Waals surface area contributed by atoms with Crippen molar-refractivity contribution in [3.63, 3.8) is 0 Å². The zero-order valence-corrected chi connectivity index (χ0v) is 11.9. The molecule has 0 fully saturated rings. The zero-order valence-electron chi connectivity index (χ0n) is 11.9. The second kappa shape index (κ2) is 6.31. The fraction of sp³-hybridized carbons (Fsp3) is 0.385. The highest BCUT2D eigenvalue weighted by atomic mass is 16.6. The highest BCUT2D eigenvalue weighted by molar-refractivity contribution is 5.99. The van der Waals surface area contributed by atoms with Crippen molar-refractivity contribution in [1.82, 2.24) is 0 Å². The van der Waals surface area contributed by atoms with E-state index in [1.165, 1.54) is 19.2 Å². The number of carbonyl (C=O) groups excluding carboxylic acids is 1. The summed E-state index contributed by atoms with van der Waals surface area (Å²) in [4.78, 5) is 33.2. The van der Waals surface area contributed by atoms with Crippen molar-refractivity contribution >= 4 is 23.3 Å². The lowest BCUT2D eigenvalue weighted by Crippen LogP contribution is -2.41. The van der Waals surface area contributed by atoms with Crippen LogP contribution < -0.4 is 5.32 Å². The first-order chi connectivity index (χ1) is 9.75. The predicted octanol–water partition coefficient (Wildman–Crippen LogP) is 2.05. The minimum atomic E-state index is -1.29. The van der Waals surface area contributed by atoms with Crippen molar-refractivity contribution in [2.24, 2.45) is 0 Å². The molecule has 0 heterocycles. The topological polar surface area (TPSA) is 119 Å². The lowest BCUT2D eigenvalue weighted by molar-refractivity contribution is -0.384.